The Morgan fingerprint density at radius 1 is 1.24 bits per heavy atom. The summed E-state index contributed by atoms with van der Waals surface area (Å²) in [6.45, 7) is 5.59. The molecule has 1 aliphatic heterocycles. The standard InChI is InChI=1S/C15H19ClN4O/c16-13-2-1-3-14(12-13)20-6-4-15(18-20)17-5-7-19-8-10-21-11-9-19/h1-4,6,12H,5,7-11H2,(H,17,18). The molecule has 2 heterocycles. The fraction of sp³-hybridized carbons (Fsp3) is 0.400. The van der Waals surface area contributed by atoms with Crippen LogP contribution in [0.5, 0.6) is 0 Å². The number of morpholine rings is 1. The van der Waals surface area contributed by atoms with E-state index in [0.29, 0.717) is 5.02 Å². The first kappa shape index (κ1) is 14.4. The van der Waals surface area contributed by atoms with E-state index in [1.807, 2.05) is 41.2 Å². The highest BCUT2D eigenvalue weighted by atomic mass is 35.5. The summed E-state index contributed by atoms with van der Waals surface area (Å²) in [5.74, 6) is 0.878. The van der Waals surface area contributed by atoms with E-state index < -0.39 is 0 Å². The van der Waals surface area contributed by atoms with Crippen LogP contribution < -0.4 is 5.32 Å². The van der Waals surface area contributed by atoms with Crippen LogP contribution in [-0.2, 0) is 4.74 Å². The number of halogens is 1. The predicted molar refractivity (Wildman–Crippen MR) is 84.3 cm³/mol. The first-order valence-electron chi connectivity index (χ1n) is 7.17. The van der Waals surface area contributed by atoms with Crippen molar-refractivity contribution >= 4 is 17.4 Å². The molecule has 1 fully saturated rings. The normalized spacial score (nSPS) is 16.0. The second-order valence-electron chi connectivity index (χ2n) is 5.01. The van der Waals surface area contributed by atoms with E-state index in [-0.39, 0.29) is 0 Å². The van der Waals surface area contributed by atoms with E-state index >= 15 is 0 Å². The average molecular weight is 307 g/mol. The second kappa shape index (κ2) is 6.93. The molecule has 112 valence electrons. The summed E-state index contributed by atoms with van der Waals surface area (Å²) in [5, 5.41) is 8.57. The number of rotatable bonds is 5. The second-order valence-corrected chi connectivity index (χ2v) is 5.44. The van der Waals surface area contributed by atoms with Crippen LogP contribution in [0.2, 0.25) is 5.02 Å². The zero-order valence-corrected chi connectivity index (χ0v) is 12.6. The minimum atomic E-state index is 0.713. The van der Waals surface area contributed by atoms with Gasteiger partial charge in [0, 0.05) is 43.5 Å². The van der Waals surface area contributed by atoms with Crippen molar-refractivity contribution in [2.45, 2.75) is 0 Å². The zero-order chi connectivity index (χ0) is 14.5. The van der Waals surface area contributed by atoms with Gasteiger partial charge in [-0.1, -0.05) is 17.7 Å². The lowest BCUT2D eigenvalue weighted by molar-refractivity contribution is 0.0398. The molecule has 0 amide bonds. The topological polar surface area (TPSA) is 42.3 Å². The van der Waals surface area contributed by atoms with Crippen LogP contribution in [0.1, 0.15) is 0 Å². The Bertz CT molecular complexity index is 581. The first-order valence-corrected chi connectivity index (χ1v) is 7.55. The van der Waals surface area contributed by atoms with Gasteiger partial charge in [0.25, 0.3) is 0 Å². The number of aromatic nitrogens is 2. The Balaban J connectivity index is 1.53. The molecule has 1 saturated heterocycles. The van der Waals surface area contributed by atoms with Gasteiger partial charge in [-0.15, -0.1) is 0 Å². The summed E-state index contributed by atoms with van der Waals surface area (Å²) < 4.78 is 7.16. The molecular formula is C15H19ClN4O. The largest absolute Gasteiger partial charge is 0.379 e. The van der Waals surface area contributed by atoms with Crippen LogP contribution in [0.3, 0.4) is 0 Å². The molecule has 0 bridgehead atoms. The first-order chi connectivity index (χ1) is 10.3. The molecule has 21 heavy (non-hydrogen) atoms. The monoisotopic (exact) mass is 306 g/mol. The number of ether oxygens (including phenoxy) is 1. The van der Waals surface area contributed by atoms with Gasteiger partial charge in [0.05, 0.1) is 18.9 Å². The minimum Gasteiger partial charge on any atom is -0.379 e. The summed E-state index contributed by atoms with van der Waals surface area (Å²) in [6, 6.07) is 9.63. The Hall–Kier alpha value is -1.56. The molecule has 5 nitrogen and oxygen atoms in total. The number of hydrogen-bond acceptors (Lipinski definition) is 4. The van der Waals surface area contributed by atoms with Gasteiger partial charge in [0.2, 0.25) is 0 Å². The molecule has 1 aromatic heterocycles. The molecule has 1 aromatic carbocycles. The zero-order valence-electron chi connectivity index (χ0n) is 11.8. The molecule has 0 unspecified atom stereocenters. The molecule has 1 N–H and O–H groups in total. The number of hydrogen-bond donors (Lipinski definition) is 1. The molecule has 1 aliphatic rings. The van der Waals surface area contributed by atoms with Crippen molar-refractivity contribution in [3.8, 4) is 5.69 Å². The molecule has 2 aromatic rings. The summed E-state index contributed by atoms with van der Waals surface area (Å²) in [6.07, 6.45) is 1.93. The number of nitrogens with one attached hydrogen (secondary N) is 1. The van der Waals surface area contributed by atoms with Gasteiger partial charge in [-0.3, -0.25) is 4.90 Å². The Morgan fingerprint density at radius 2 is 2.10 bits per heavy atom. The number of benzene rings is 1. The fourth-order valence-electron chi connectivity index (χ4n) is 2.35. The third-order valence-electron chi connectivity index (χ3n) is 3.50. The van der Waals surface area contributed by atoms with E-state index in [9.17, 15) is 0 Å². The van der Waals surface area contributed by atoms with Crippen molar-refractivity contribution in [1.29, 1.82) is 0 Å². The van der Waals surface area contributed by atoms with Crippen molar-refractivity contribution in [3.05, 3.63) is 41.6 Å². The maximum atomic E-state index is 6.00. The van der Waals surface area contributed by atoms with Crippen LogP contribution in [0.25, 0.3) is 5.69 Å². The third kappa shape index (κ3) is 3.97. The van der Waals surface area contributed by atoms with Crippen molar-refractivity contribution in [2.75, 3.05) is 44.7 Å². The van der Waals surface area contributed by atoms with E-state index in [4.69, 9.17) is 16.3 Å². The van der Waals surface area contributed by atoms with Gasteiger partial charge in [-0.2, -0.15) is 5.10 Å². The highest BCUT2D eigenvalue weighted by Gasteiger charge is 2.09. The van der Waals surface area contributed by atoms with Crippen LogP contribution in [0, 0.1) is 0 Å². The molecule has 0 atom stereocenters. The molecule has 0 spiro atoms. The van der Waals surface area contributed by atoms with Crippen molar-refractivity contribution in [1.82, 2.24) is 14.7 Å². The van der Waals surface area contributed by atoms with E-state index in [0.717, 1.165) is 50.9 Å². The molecular weight excluding hydrogens is 288 g/mol. The van der Waals surface area contributed by atoms with Crippen molar-refractivity contribution in [2.24, 2.45) is 0 Å². The fourth-order valence-corrected chi connectivity index (χ4v) is 2.53. The molecule has 0 aliphatic carbocycles. The van der Waals surface area contributed by atoms with E-state index in [1.54, 1.807) is 0 Å². The lowest BCUT2D eigenvalue weighted by Crippen LogP contribution is -2.39. The van der Waals surface area contributed by atoms with Crippen LogP contribution in [-0.4, -0.2) is 54.1 Å². The van der Waals surface area contributed by atoms with Gasteiger partial charge in [0.15, 0.2) is 0 Å². The van der Waals surface area contributed by atoms with Gasteiger partial charge in [-0.05, 0) is 18.2 Å². The molecule has 0 radical (unpaired) electrons. The lowest BCUT2D eigenvalue weighted by Gasteiger charge is -2.26. The van der Waals surface area contributed by atoms with Crippen LogP contribution in [0.4, 0.5) is 5.82 Å². The van der Waals surface area contributed by atoms with Gasteiger partial charge in [0.1, 0.15) is 5.82 Å². The minimum absolute atomic E-state index is 0.713. The summed E-state index contributed by atoms with van der Waals surface area (Å²) in [7, 11) is 0. The highest BCUT2D eigenvalue weighted by Crippen LogP contribution is 2.15. The average Bonchev–Trinajstić information content (AvgIpc) is 2.97. The predicted octanol–water partition coefficient (Wildman–Crippen LogP) is 2.27. The van der Waals surface area contributed by atoms with E-state index in [1.165, 1.54) is 0 Å². The highest BCUT2D eigenvalue weighted by molar-refractivity contribution is 6.30. The maximum absolute atomic E-state index is 6.00. The van der Waals surface area contributed by atoms with Gasteiger partial charge < -0.3 is 10.1 Å². The quantitative estimate of drug-likeness (QED) is 0.920. The maximum Gasteiger partial charge on any atom is 0.148 e. The van der Waals surface area contributed by atoms with Crippen molar-refractivity contribution in [3.63, 3.8) is 0 Å². The summed E-state index contributed by atoms with van der Waals surface area (Å²) >= 11 is 6.00. The summed E-state index contributed by atoms with van der Waals surface area (Å²) in [5.41, 5.74) is 0.962. The third-order valence-corrected chi connectivity index (χ3v) is 3.73. The SMILES string of the molecule is Clc1cccc(-n2ccc(NCCN3CCOCC3)n2)c1. The molecule has 0 saturated carbocycles. The van der Waals surface area contributed by atoms with Gasteiger partial charge >= 0.3 is 0 Å². The van der Waals surface area contributed by atoms with Crippen LogP contribution >= 0.6 is 11.6 Å². The molecule has 3 rings (SSSR count). The summed E-state index contributed by atoms with van der Waals surface area (Å²) in [4.78, 5) is 2.39. The molecule has 6 heteroatoms. The van der Waals surface area contributed by atoms with Crippen molar-refractivity contribution < 1.29 is 4.74 Å². The number of nitrogens with zero attached hydrogens (tertiary/aromatic N) is 3. The Labute approximate surface area is 129 Å². The Kier molecular flexibility index (Phi) is 4.75. The van der Waals surface area contributed by atoms with E-state index in [2.05, 4.69) is 15.3 Å². The number of anilines is 1. The van der Waals surface area contributed by atoms with Crippen LogP contribution in [0.15, 0.2) is 36.5 Å². The lowest BCUT2D eigenvalue weighted by atomic mass is 10.3. The van der Waals surface area contributed by atoms with Gasteiger partial charge in [-0.25, -0.2) is 4.68 Å². The smallest absolute Gasteiger partial charge is 0.148 e. The Morgan fingerprint density at radius 3 is 2.90 bits per heavy atom.